The summed E-state index contributed by atoms with van der Waals surface area (Å²) < 4.78 is 19.8. The molecule has 0 unspecified atom stereocenters. The molecule has 0 bridgehead atoms. The van der Waals surface area contributed by atoms with E-state index in [9.17, 15) is 4.39 Å². The van der Waals surface area contributed by atoms with Crippen LogP contribution in [0.25, 0.3) is 10.3 Å². The Balaban J connectivity index is 1.45. The average molecular weight is 408 g/mol. The monoisotopic (exact) mass is 407 g/mol. The van der Waals surface area contributed by atoms with Crippen LogP contribution >= 0.6 is 22.9 Å². The van der Waals surface area contributed by atoms with Crippen molar-refractivity contribution < 1.29 is 9.13 Å². The second-order valence-electron chi connectivity index (χ2n) is 6.36. The van der Waals surface area contributed by atoms with Gasteiger partial charge in [0.1, 0.15) is 22.6 Å². The van der Waals surface area contributed by atoms with Crippen molar-refractivity contribution in [3.63, 3.8) is 0 Å². The van der Waals surface area contributed by atoms with Gasteiger partial charge >= 0.3 is 0 Å². The van der Waals surface area contributed by atoms with Crippen molar-refractivity contribution in [1.82, 2.24) is 19.9 Å². The van der Waals surface area contributed by atoms with Gasteiger partial charge in [-0.3, -0.25) is 0 Å². The number of hydrogen-bond acceptors (Lipinski definition) is 7. The molecule has 3 heterocycles. The fourth-order valence-electron chi connectivity index (χ4n) is 3.04. The van der Waals surface area contributed by atoms with Crippen molar-refractivity contribution in [2.24, 2.45) is 0 Å². The van der Waals surface area contributed by atoms with E-state index in [1.807, 2.05) is 0 Å². The molecule has 9 heteroatoms. The van der Waals surface area contributed by atoms with Crippen molar-refractivity contribution in [3.8, 4) is 11.6 Å². The smallest absolute Gasteiger partial charge is 0.242 e. The number of piperidine rings is 1. The number of hydrogen-bond donors (Lipinski definition) is 1. The van der Waals surface area contributed by atoms with E-state index in [-0.39, 0.29) is 5.02 Å². The molecule has 1 fully saturated rings. The van der Waals surface area contributed by atoms with Gasteiger partial charge in [-0.25, -0.2) is 14.4 Å². The molecule has 3 aromatic rings. The Hall–Kier alpha value is -2.03. The van der Waals surface area contributed by atoms with Crippen LogP contribution in [-0.4, -0.2) is 46.0 Å². The molecule has 142 valence electrons. The van der Waals surface area contributed by atoms with Crippen molar-refractivity contribution >= 4 is 38.4 Å². The molecule has 6 nitrogen and oxygen atoms in total. The largest absolute Gasteiger partial charge is 0.437 e. The van der Waals surface area contributed by atoms with E-state index in [4.69, 9.17) is 16.3 Å². The summed E-state index contributed by atoms with van der Waals surface area (Å²) >= 11 is 7.25. The third-order valence-electron chi connectivity index (χ3n) is 4.42. The van der Waals surface area contributed by atoms with Gasteiger partial charge in [0, 0.05) is 19.2 Å². The highest BCUT2D eigenvalue weighted by molar-refractivity contribution is 7.22. The van der Waals surface area contributed by atoms with Crippen LogP contribution in [0, 0.1) is 5.82 Å². The molecule has 1 saturated heterocycles. The number of anilines is 1. The average Bonchev–Trinajstić information content (AvgIpc) is 3.10. The number of thiazole rings is 1. The SMILES string of the molecule is Fc1ccc(Oc2ncnc3nc(NCCN4CCCCC4)sc23)cc1Cl. The fourth-order valence-corrected chi connectivity index (χ4v) is 4.08. The first-order valence-electron chi connectivity index (χ1n) is 8.90. The van der Waals surface area contributed by atoms with E-state index in [2.05, 4.69) is 25.2 Å². The highest BCUT2D eigenvalue weighted by Gasteiger charge is 2.14. The standard InChI is InChI=1S/C18H19ClFN5OS/c19-13-10-12(4-5-14(13)20)26-17-15-16(22-11-23-17)24-18(27-15)21-6-9-25-7-2-1-3-8-25/h4-5,10-11H,1-3,6-9H2,(H,21,22,23,24). The molecular weight excluding hydrogens is 389 g/mol. The zero-order valence-electron chi connectivity index (χ0n) is 14.6. The molecule has 0 aliphatic carbocycles. The van der Waals surface area contributed by atoms with E-state index >= 15 is 0 Å². The van der Waals surface area contributed by atoms with E-state index in [1.165, 1.54) is 68.2 Å². The number of ether oxygens (including phenoxy) is 1. The Bertz CT molecular complexity index is 931. The zero-order valence-corrected chi connectivity index (χ0v) is 16.2. The first-order chi connectivity index (χ1) is 13.2. The summed E-state index contributed by atoms with van der Waals surface area (Å²) in [5.74, 6) is 0.300. The summed E-state index contributed by atoms with van der Waals surface area (Å²) in [6.07, 6.45) is 5.30. The van der Waals surface area contributed by atoms with Crippen LogP contribution in [0.2, 0.25) is 5.02 Å². The number of nitrogens with zero attached hydrogens (tertiary/aromatic N) is 4. The first kappa shape index (κ1) is 18.3. The van der Waals surface area contributed by atoms with Crippen molar-refractivity contribution in [3.05, 3.63) is 35.4 Å². The van der Waals surface area contributed by atoms with E-state index < -0.39 is 5.82 Å². The van der Waals surface area contributed by atoms with Gasteiger partial charge in [-0.05, 0) is 38.1 Å². The quantitative estimate of drug-likeness (QED) is 0.645. The molecule has 4 rings (SSSR count). The van der Waals surface area contributed by atoms with Crippen LogP contribution < -0.4 is 10.1 Å². The summed E-state index contributed by atoms with van der Waals surface area (Å²) in [5.41, 5.74) is 0.568. The lowest BCUT2D eigenvalue weighted by Gasteiger charge is -2.26. The number of aromatic nitrogens is 3. The van der Waals surface area contributed by atoms with E-state index in [0.29, 0.717) is 17.3 Å². The summed E-state index contributed by atoms with van der Waals surface area (Å²) in [4.78, 5) is 15.4. The minimum Gasteiger partial charge on any atom is -0.437 e. The van der Waals surface area contributed by atoms with Crippen LogP contribution in [0.3, 0.4) is 0 Å². The van der Waals surface area contributed by atoms with Crippen molar-refractivity contribution in [2.75, 3.05) is 31.5 Å². The van der Waals surface area contributed by atoms with Crippen LogP contribution in [0.15, 0.2) is 24.5 Å². The Morgan fingerprint density at radius 2 is 2.07 bits per heavy atom. The van der Waals surface area contributed by atoms with Gasteiger partial charge in [-0.2, -0.15) is 4.98 Å². The Kier molecular flexibility index (Phi) is 5.66. The minimum atomic E-state index is -0.491. The second kappa shape index (κ2) is 8.33. The highest BCUT2D eigenvalue weighted by Crippen LogP contribution is 2.34. The molecule has 1 aliphatic heterocycles. The summed E-state index contributed by atoms with van der Waals surface area (Å²) in [6, 6.07) is 4.19. The van der Waals surface area contributed by atoms with Crippen molar-refractivity contribution in [2.45, 2.75) is 19.3 Å². The number of rotatable bonds is 6. The minimum absolute atomic E-state index is 0.00201. The molecule has 1 N–H and O–H groups in total. The molecular formula is C18H19ClFN5OS. The number of nitrogens with one attached hydrogen (secondary N) is 1. The van der Waals surface area contributed by atoms with Gasteiger partial charge in [0.2, 0.25) is 5.88 Å². The molecule has 27 heavy (non-hydrogen) atoms. The Morgan fingerprint density at radius 3 is 2.89 bits per heavy atom. The van der Waals surface area contributed by atoms with Gasteiger partial charge in [-0.15, -0.1) is 0 Å². The van der Waals surface area contributed by atoms with Gasteiger partial charge in [-0.1, -0.05) is 29.4 Å². The normalized spacial score (nSPS) is 15.2. The Morgan fingerprint density at radius 1 is 1.22 bits per heavy atom. The summed E-state index contributed by atoms with van der Waals surface area (Å²) in [6.45, 7) is 4.17. The molecule has 0 atom stereocenters. The third-order valence-corrected chi connectivity index (χ3v) is 5.70. The van der Waals surface area contributed by atoms with Crippen LogP contribution in [0.5, 0.6) is 11.6 Å². The maximum Gasteiger partial charge on any atom is 0.242 e. The number of halogens is 2. The molecule has 0 saturated carbocycles. The number of benzene rings is 1. The second-order valence-corrected chi connectivity index (χ2v) is 7.76. The maximum absolute atomic E-state index is 13.3. The molecule has 0 amide bonds. The number of likely N-dealkylation sites (tertiary alicyclic amines) is 1. The van der Waals surface area contributed by atoms with Gasteiger partial charge in [0.05, 0.1) is 5.02 Å². The summed E-state index contributed by atoms with van der Waals surface area (Å²) in [5, 5.41) is 4.14. The van der Waals surface area contributed by atoms with Gasteiger partial charge in [0.25, 0.3) is 0 Å². The lowest BCUT2D eigenvalue weighted by atomic mass is 10.1. The van der Waals surface area contributed by atoms with Crippen molar-refractivity contribution in [1.29, 1.82) is 0 Å². The predicted octanol–water partition coefficient (Wildman–Crippen LogP) is 4.57. The van der Waals surface area contributed by atoms with Crippen LogP contribution in [0.4, 0.5) is 9.52 Å². The molecule has 0 radical (unpaired) electrons. The highest BCUT2D eigenvalue weighted by atomic mass is 35.5. The molecule has 1 aliphatic rings. The Labute approximate surface area is 165 Å². The van der Waals surface area contributed by atoms with Gasteiger partial charge < -0.3 is 15.0 Å². The maximum atomic E-state index is 13.3. The summed E-state index contributed by atoms with van der Waals surface area (Å²) in [7, 11) is 0. The topological polar surface area (TPSA) is 63.2 Å². The predicted molar refractivity (Wildman–Crippen MR) is 105 cm³/mol. The molecule has 0 spiro atoms. The number of fused-ring (bicyclic) bond motifs is 1. The lowest BCUT2D eigenvalue weighted by Crippen LogP contribution is -2.33. The fraction of sp³-hybridized carbons (Fsp3) is 0.389. The van der Waals surface area contributed by atoms with Gasteiger partial charge in [0.15, 0.2) is 10.8 Å². The molecule has 2 aromatic heterocycles. The molecule has 1 aromatic carbocycles. The zero-order chi connectivity index (χ0) is 18.6. The third kappa shape index (κ3) is 4.45. The first-order valence-corrected chi connectivity index (χ1v) is 10.1. The lowest BCUT2D eigenvalue weighted by molar-refractivity contribution is 0.237. The van der Waals surface area contributed by atoms with E-state index in [1.54, 1.807) is 0 Å². The van der Waals surface area contributed by atoms with Crippen LogP contribution in [-0.2, 0) is 0 Å². The van der Waals surface area contributed by atoms with Crippen LogP contribution in [0.1, 0.15) is 19.3 Å². The van der Waals surface area contributed by atoms with E-state index in [0.717, 1.165) is 22.9 Å².